The molecule has 0 saturated carbocycles. The van der Waals surface area contributed by atoms with Crippen LogP contribution in [0.1, 0.15) is 5.56 Å². The highest BCUT2D eigenvalue weighted by Crippen LogP contribution is 2.28. The number of ether oxygens (including phenoxy) is 2. The fourth-order valence-corrected chi connectivity index (χ4v) is 3.86. The van der Waals surface area contributed by atoms with Crippen molar-refractivity contribution in [1.29, 1.82) is 5.26 Å². The molecule has 0 fully saturated rings. The predicted molar refractivity (Wildman–Crippen MR) is 114 cm³/mol. The van der Waals surface area contributed by atoms with E-state index in [0.29, 0.717) is 12.4 Å². The molecule has 0 aliphatic heterocycles. The van der Waals surface area contributed by atoms with Crippen LogP contribution >= 0.6 is 11.8 Å². The van der Waals surface area contributed by atoms with Gasteiger partial charge in [0.1, 0.15) is 24.2 Å². The van der Waals surface area contributed by atoms with Gasteiger partial charge in [-0.2, -0.15) is 17.0 Å². The fraction of sp³-hybridized carbons (Fsp3) is 0.261. The summed E-state index contributed by atoms with van der Waals surface area (Å²) in [4.78, 5) is 0. The summed E-state index contributed by atoms with van der Waals surface area (Å²) >= 11 is 1.71. The zero-order valence-electron chi connectivity index (χ0n) is 15.6. The Labute approximate surface area is 169 Å². The summed E-state index contributed by atoms with van der Waals surface area (Å²) in [6.45, 7) is 0.340. The van der Waals surface area contributed by atoms with Crippen molar-refractivity contribution in [2.45, 2.75) is 12.5 Å². The maximum Gasteiger partial charge on any atom is 0.174 e. The Balaban J connectivity index is 1.49. The highest BCUT2D eigenvalue weighted by atomic mass is 32.2. The van der Waals surface area contributed by atoms with Gasteiger partial charge in [0.15, 0.2) is 6.61 Å². The van der Waals surface area contributed by atoms with Gasteiger partial charge in [-0.3, -0.25) is 0 Å². The molecule has 1 unspecified atom stereocenters. The molecule has 0 spiro atoms. The first-order valence-electron chi connectivity index (χ1n) is 9.22. The van der Waals surface area contributed by atoms with Crippen LogP contribution in [0.5, 0.6) is 11.5 Å². The van der Waals surface area contributed by atoms with Crippen molar-refractivity contribution in [1.82, 2.24) is 0 Å². The van der Waals surface area contributed by atoms with Crippen molar-refractivity contribution in [2.75, 3.05) is 24.7 Å². The van der Waals surface area contributed by atoms with Gasteiger partial charge in [-0.05, 0) is 41.3 Å². The van der Waals surface area contributed by atoms with Crippen LogP contribution in [-0.2, 0) is 6.42 Å². The van der Waals surface area contributed by atoms with Crippen molar-refractivity contribution in [3.05, 3.63) is 72.3 Å². The molecule has 0 bridgehead atoms. The van der Waals surface area contributed by atoms with E-state index in [-0.39, 0.29) is 6.61 Å². The van der Waals surface area contributed by atoms with Gasteiger partial charge >= 0.3 is 0 Å². The molecule has 0 radical (unpaired) electrons. The predicted octanol–water partition coefficient (Wildman–Crippen LogP) is 4.46. The summed E-state index contributed by atoms with van der Waals surface area (Å²) in [5.74, 6) is 3.05. The second kappa shape index (κ2) is 10.6. The Morgan fingerprint density at radius 2 is 1.71 bits per heavy atom. The minimum Gasteiger partial charge on any atom is -0.491 e. The minimum atomic E-state index is -0.497. The lowest BCUT2D eigenvalue weighted by molar-refractivity contribution is 0.126. The number of aliphatic hydroxyl groups excluding tert-OH is 1. The smallest absolute Gasteiger partial charge is 0.174 e. The average molecular weight is 394 g/mol. The third kappa shape index (κ3) is 5.66. The molecule has 3 aromatic rings. The first kappa shape index (κ1) is 20.1. The lowest BCUT2D eigenvalue weighted by Gasteiger charge is -2.13. The number of nitriles is 1. The first-order valence-corrected chi connectivity index (χ1v) is 10.4. The molecule has 0 aliphatic rings. The highest BCUT2D eigenvalue weighted by Gasteiger charge is 2.08. The van der Waals surface area contributed by atoms with Gasteiger partial charge in [0.25, 0.3) is 0 Å². The van der Waals surface area contributed by atoms with Crippen LogP contribution in [-0.4, -0.2) is 35.9 Å². The molecule has 4 nitrogen and oxygen atoms in total. The zero-order chi connectivity index (χ0) is 19.6. The number of nitrogens with zero attached hydrogens (tertiary/aromatic N) is 1. The third-order valence-electron chi connectivity index (χ3n) is 4.28. The number of para-hydroxylation sites is 1. The Morgan fingerprint density at radius 1 is 0.929 bits per heavy atom. The number of benzene rings is 3. The normalized spacial score (nSPS) is 11.7. The summed E-state index contributed by atoms with van der Waals surface area (Å²) in [6, 6.07) is 23.6. The van der Waals surface area contributed by atoms with Gasteiger partial charge in [-0.15, -0.1) is 0 Å². The van der Waals surface area contributed by atoms with Crippen molar-refractivity contribution < 1.29 is 14.6 Å². The van der Waals surface area contributed by atoms with Crippen molar-refractivity contribution >= 4 is 22.5 Å². The second-order valence-corrected chi connectivity index (χ2v) is 7.47. The molecule has 1 atom stereocenters. The Hall–Kier alpha value is -2.68. The van der Waals surface area contributed by atoms with E-state index in [2.05, 4.69) is 12.1 Å². The first-order chi connectivity index (χ1) is 13.8. The van der Waals surface area contributed by atoms with E-state index in [4.69, 9.17) is 14.7 Å². The molecular weight excluding hydrogens is 370 g/mol. The molecule has 144 valence electrons. The lowest BCUT2D eigenvalue weighted by Crippen LogP contribution is -2.20. The number of aryl methyl sites for hydroxylation is 1. The van der Waals surface area contributed by atoms with Crippen LogP contribution in [0.4, 0.5) is 0 Å². The Bertz CT molecular complexity index is 924. The van der Waals surface area contributed by atoms with Crippen LogP contribution < -0.4 is 9.47 Å². The van der Waals surface area contributed by atoms with Crippen molar-refractivity contribution in [3.63, 3.8) is 0 Å². The van der Waals surface area contributed by atoms with E-state index in [1.165, 1.54) is 5.56 Å². The summed E-state index contributed by atoms with van der Waals surface area (Å²) in [5, 5.41) is 21.0. The number of aliphatic hydroxyl groups is 1. The van der Waals surface area contributed by atoms with E-state index >= 15 is 0 Å². The standard InChI is InChI=1S/C23H23NO3S/c24-13-14-26-23-11-5-9-21-18(6-4-10-22(21)23)12-15-28-17-19(25)16-27-20-7-2-1-3-8-20/h1-11,19,25H,12,14-17H2. The van der Waals surface area contributed by atoms with Gasteiger partial charge in [0, 0.05) is 11.1 Å². The molecule has 0 aromatic heterocycles. The van der Waals surface area contributed by atoms with Gasteiger partial charge in [-0.1, -0.05) is 48.5 Å². The zero-order valence-corrected chi connectivity index (χ0v) is 16.4. The Morgan fingerprint density at radius 3 is 2.54 bits per heavy atom. The maximum absolute atomic E-state index is 10.1. The molecule has 0 amide bonds. The van der Waals surface area contributed by atoms with E-state index in [1.54, 1.807) is 11.8 Å². The summed E-state index contributed by atoms with van der Waals surface area (Å²) in [6.07, 6.45) is 0.402. The van der Waals surface area contributed by atoms with Crippen molar-refractivity contribution in [2.24, 2.45) is 0 Å². The number of thioether (sulfide) groups is 1. The quantitative estimate of drug-likeness (QED) is 0.515. The number of hydrogen-bond acceptors (Lipinski definition) is 5. The second-order valence-electron chi connectivity index (χ2n) is 6.32. The third-order valence-corrected chi connectivity index (χ3v) is 5.39. The molecule has 0 saturated heterocycles. The summed E-state index contributed by atoms with van der Waals surface area (Å²) < 4.78 is 11.1. The number of hydrogen-bond donors (Lipinski definition) is 1. The highest BCUT2D eigenvalue weighted by molar-refractivity contribution is 7.99. The maximum atomic E-state index is 10.1. The molecule has 28 heavy (non-hydrogen) atoms. The fourth-order valence-electron chi connectivity index (χ4n) is 2.96. The lowest BCUT2D eigenvalue weighted by atomic mass is 10.0. The van der Waals surface area contributed by atoms with E-state index in [1.807, 2.05) is 60.7 Å². The molecule has 3 aromatic carbocycles. The van der Waals surface area contributed by atoms with E-state index in [9.17, 15) is 5.11 Å². The van der Waals surface area contributed by atoms with Gasteiger partial charge in [0.2, 0.25) is 0 Å². The van der Waals surface area contributed by atoms with E-state index in [0.717, 1.165) is 34.4 Å². The largest absolute Gasteiger partial charge is 0.491 e. The van der Waals surface area contributed by atoms with E-state index < -0.39 is 6.10 Å². The average Bonchev–Trinajstić information content (AvgIpc) is 2.74. The summed E-state index contributed by atoms with van der Waals surface area (Å²) in [7, 11) is 0. The Kier molecular flexibility index (Phi) is 7.60. The minimum absolute atomic E-state index is 0.0438. The molecule has 3 rings (SSSR count). The molecule has 1 N–H and O–H groups in total. The van der Waals surface area contributed by atoms with Crippen LogP contribution in [0.2, 0.25) is 0 Å². The van der Waals surface area contributed by atoms with Crippen LogP contribution in [0.25, 0.3) is 10.8 Å². The molecule has 0 heterocycles. The monoisotopic (exact) mass is 393 g/mol. The molecule has 5 heteroatoms. The van der Waals surface area contributed by atoms with Gasteiger partial charge in [0.05, 0.1) is 6.10 Å². The molecular formula is C23H23NO3S. The van der Waals surface area contributed by atoms with Crippen LogP contribution in [0, 0.1) is 11.3 Å². The number of fused-ring (bicyclic) bond motifs is 1. The van der Waals surface area contributed by atoms with Gasteiger partial charge in [-0.25, -0.2) is 0 Å². The van der Waals surface area contributed by atoms with Crippen molar-refractivity contribution in [3.8, 4) is 17.6 Å². The van der Waals surface area contributed by atoms with Crippen LogP contribution in [0.15, 0.2) is 66.7 Å². The van der Waals surface area contributed by atoms with Gasteiger partial charge < -0.3 is 14.6 Å². The SMILES string of the molecule is N#CCOc1cccc2c(CCSCC(O)COc3ccccc3)cccc12. The van der Waals surface area contributed by atoms with Crippen LogP contribution in [0.3, 0.4) is 0 Å². The summed E-state index contributed by atoms with van der Waals surface area (Å²) in [5.41, 5.74) is 1.24. The molecule has 0 aliphatic carbocycles. The number of rotatable bonds is 10. The topological polar surface area (TPSA) is 62.5 Å².